The number of hydrogen-bond donors (Lipinski definition) is 0. The first-order chi connectivity index (χ1) is 10.0. The SMILES string of the molecule is CC(=O)CCC(c1ccccc1)S(=O)(=O)c1ccccc1. The molecule has 0 heterocycles. The van der Waals surface area contributed by atoms with E-state index in [0.717, 1.165) is 5.56 Å². The minimum absolute atomic E-state index is 0.000747. The van der Waals surface area contributed by atoms with Crippen LogP contribution in [-0.2, 0) is 14.6 Å². The molecule has 4 heteroatoms. The van der Waals surface area contributed by atoms with Crippen molar-refractivity contribution >= 4 is 15.6 Å². The topological polar surface area (TPSA) is 51.2 Å². The van der Waals surface area contributed by atoms with Crippen molar-refractivity contribution in [3.63, 3.8) is 0 Å². The molecule has 0 N–H and O–H groups in total. The van der Waals surface area contributed by atoms with Gasteiger partial charge < -0.3 is 4.79 Å². The summed E-state index contributed by atoms with van der Waals surface area (Å²) in [6.45, 7) is 1.48. The molecule has 3 nitrogen and oxygen atoms in total. The first-order valence-corrected chi connectivity index (χ1v) is 8.40. The number of ketones is 1. The second-order valence-corrected chi connectivity index (χ2v) is 7.13. The summed E-state index contributed by atoms with van der Waals surface area (Å²) < 4.78 is 25.7. The largest absolute Gasteiger partial charge is 0.300 e. The Balaban J connectivity index is 2.42. The summed E-state index contributed by atoms with van der Waals surface area (Å²) >= 11 is 0. The third-order valence-corrected chi connectivity index (χ3v) is 5.56. The van der Waals surface area contributed by atoms with E-state index in [-0.39, 0.29) is 12.2 Å². The van der Waals surface area contributed by atoms with E-state index < -0.39 is 15.1 Å². The monoisotopic (exact) mass is 302 g/mol. The van der Waals surface area contributed by atoms with Gasteiger partial charge in [0, 0.05) is 6.42 Å². The van der Waals surface area contributed by atoms with Crippen molar-refractivity contribution in [2.24, 2.45) is 0 Å². The van der Waals surface area contributed by atoms with E-state index in [1.54, 1.807) is 42.5 Å². The molecule has 0 fully saturated rings. The number of carbonyl (C=O) groups excluding carboxylic acids is 1. The van der Waals surface area contributed by atoms with E-state index >= 15 is 0 Å². The number of carbonyl (C=O) groups is 1. The van der Waals surface area contributed by atoms with Gasteiger partial charge in [0.2, 0.25) is 0 Å². The fourth-order valence-corrected chi connectivity index (χ4v) is 4.09. The zero-order chi connectivity index (χ0) is 15.3. The van der Waals surface area contributed by atoms with Gasteiger partial charge in [-0.15, -0.1) is 0 Å². The molecule has 0 spiro atoms. The van der Waals surface area contributed by atoms with Crippen LogP contribution in [0.3, 0.4) is 0 Å². The van der Waals surface area contributed by atoms with Crippen molar-refractivity contribution in [3.05, 3.63) is 66.2 Å². The maximum absolute atomic E-state index is 12.8. The second-order valence-electron chi connectivity index (χ2n) is 5.00. The lowest BCUT2D eigenvalue weighted by molar-refractivity contribution is -0.117. The van der Waals surface area contributed by atoms with Crippen LogP contribution in [0.15, 0.2) is 65.6 Å². The Morgan fingerprint density at radius 3 is 2.00 bits per heavy atom. The van der Waals surface area contributed by atoms with Gasteiger partial charge in [0.05, 0.1) is 10.1 Å². The summed E-state index contributed by atoms with van der Waals surface area (Å²) in [4.78, 5) is 11.5. The molecule has 0 bridgehead atoms. The van der Waals surface area contributed by atoms with Crippen LogP contribution in [0.5, 0.6) is 0 Å². The third-order valence-electron chi connectivity index (χ3n) is 3.38. The van der Waals surface area contributed by atoms with Crippen LogP contribution < -0.4 is 0 Å². The van der Waals surface area contributed by atoms with Crippen molar-refractivity contribution in [2.75, 3.05) is 0 Å². The van der Waals surface area contributed by atoms with Gasteiger partial charge in [0.15, 0.2) is 9.84 Å². The third kappa shape index (κ3) is 3.79. The Bertz CT molecular complexity index is 691. The molecule has 110 valence electrons. The fraction of sp³-hybridized carbons (Fsp3) is 0.235. The van der Waals surface area contributed by atoms with Gasteiger partial charge in [-0.3, -0.25) is 0 Å². The highest BCUT2D eigenvalue weighted by Crippen LogP contribution is 2.32. The molecular formula is C17H18O3S. The summed E-state index contributed by atoms with van der Waals surface area (Å²) in [6, 6.07) is 17.5. The molecule has 0 aliphatic carbocycles. The molecule has 0 aliphatic heterocycles. The van der Waals surface area contributed by atoms with Crippen LogP contribution in [0, 0.1) is 0 Å². The van der Waals surface area contributed by atoms with Crippen molar-refractivity contribution in [1.82, 2.24) is 0 Å². The van der Waals surface area contributed by atoms with Gasteiger partial charge in [-0.2, -0.15) is 0 Å². The van der Waals surface area contributed by atoms with Gasteiger partial charge in [0.1, 0.15) is 5.78 Å². The summed E-state index contributed by atoms with van der Waals surface area (Å²) in [5.74, 6) is -0.000747. The average Bonchev–Trinajstić information content (AvgIpc) is 2.49. The van der Waals surface area contributed by atoms with Crippen molar-refractivity contribution in [2.45, 2.75) is 29.9 Å². The average molecular weight is 302 g/mol. The number of sulfone groups is 1. The van der Waals surface area contributed by atoms with E-state index in [0.29, 0.717) is 11.3 Å². The quantitative estimate of drug-likeness (QED) is 0.819. The number of Topliss-reactive ketones (excluding diaryl/α,β-unsaturated/α-hetero) is 1. The molecule has 21 heavy (non-hydrogen) atoms. The first kappa shape index (κ1) is 15.4. The highest BCUT2D eigenvalue weighted by molar-refractivity contribution is 7.91. The molecule has 0 amide bonds. The van der Waals surface area contributed by atoms with Gasteiger partial charge >= 0.3 is 0 Å². The molecule has 1 atom stereocenters. The smallest absolute Gasteiger partial charge is 0.185 e. The van der Waals surface area contributed by atoms with Crippen LogP contribution in [0.25, 0.3) is 0 Å². The van der Waals surface area contributed by atoms with E-state index in [9.17, 15) is 13.2 Å². The lowest BCUT2D eigenvalue weighted by Crippen LogP contribution is -2.15. The Kier molecular flexibility index (Phi) is 4.91. The molecule has 0 saturated carbocycles. The Morgan fingerprint density at radius 2 is 1.48 bits per heavy atom. The Labute approximate surface area is 125 Å². The normalized spacial score (nSPS) is 12.8. The first-order valence-electron chi connectivity index (χ1n) is 6.85. The zero-order valence-electron chi connectivity index (χ0n) is 11.9. The predicted molar refractivity (Wildman–Crippen MR) is 82.7 cm³/mol. The van der Waals surface area contributed by atoms with Gasteiger partial charge in [-0.05, 0) is 31.0 Å². The van der Waals surface area contributed by atoms with Crippen LogP contribution in [-0.4, -0.2) is 14.2 Å². The highest BCUT2D eigenvalue weighted by Gasteiger charge is 2.28. The molecule has 2 aromatic carbocycles. The summed E-state index contributed by atoms with van der Waals surface area (Å²) in [6.07, 6.45) is 0.558. The highest BCUT2D eigenvalue weighted by atomic mass is 32.2. The standard InChI is InChI=1S/C17H18O3S/c1-14(18)12-13-17(15-8-4-2-5-9-15)21(19,20)16-10-6-3-7-11-16/h2-11,17H,12-13H2,1H3. The summed E-state index contributed by atoms with van der Waals surface area (Å²) in [7, 11) is -3.50. The Morgan fingerprint density at radius 1 is 0.952 bits per heavy atom. The number of rotatable bonds is 6. The van der Waals surface area contributed by atoms with E-state index in [1.165, 1.54) is 6.92 Å². The molecular weight excluding hydrogens is 284 g/mol. The van der Waals surface area contributed by atoms with Crippen molar-refractivity contribution < 1.29 is 13.2 Å². The van der Waals surface area contributed by atoms with Gasteiger partial charge in [-0.25, -0.2) is 8.42 Å². The second kappa shape index (κ2) is 6.68. The fourth-order valence-electron chi connectivity index (χ4n) is 2.28. The van der Waals surface area contributed by atoms with Crippen molar-refractivity contribution in [3.8, 4) is 0 Å². The van der Waals surface area contributed by atoms with Crippen LogP contribution in [0.1, 0.15) is 30.6 Å². The van der Waals surface area contributed by atoms with E-state index in [4.69, 9.17) is 0 Å². The lowest BCUT2D eigenvalue weighted by atomic mass is 10.1. The molecule has 0 aliphatic rings. The predicted octanol–water partition coefficient (Wildman–Crippen LogP) is 3.57. The zero-order valence-corrected chi connectivity index (χ0v) is 12.7. The Hall–Kier alpha value is -1.94. The van der Waals surface area contributed by atoms with E-state index in [2.05, 4.69) is 0 Å². The molecule has 0 radical (unpaired) electrons. The minimum Gasteiger partial charge on any atom is -0.300 e. The maximum Gasteiger partial charge on any atom is 0.185 e. The van der Waals surface area contributed by atoms with Crippen LogP contribution in [0.4, 0.5) is 0 Å². The van der Waals surface area contributed by atoms with Gasteiger partial charge in [-0.1, -0.05) is 48.5 Å². The molecule has 2 rings (SSSR count). The number of benzene rings is 2. The number of hydrogen-bond acceptors (Lipinski definition) is 3. The minimum atomic E-state index is -3.50. The van der Waals surface area contributed by atoms with Crippen molar-refractivity contribution in [1.29, 1.82) is 0 Å². The summed E-state index contributed by atoms with van der Waals surface area (Å²) in [5.41, 5.74) is 0.725. The molecule has 1 unspecified atom stereocenters. The molecule has 0 saturated heterocycles. The molecule has 2 aromatic rings. The molecule has 0 aromatic heterocycles. The van der Waals surface area contributed by atoms with Crippen LogP contribution >= 0.6 is 0 Å². The maximum atomic E-state index is 12.8. The van der Waals surface area contributed by atoms with E-state index in [1.807, 2.05) is 18.2 Å². The van der Waals surface area contributed by atoms with Gasteiger partial charge in [0.25, 0.3) is 0 Å². The lowest BCUT2D eigenvalue weighted by Gasteiger charge is -2.17. The summed E-state index contributed by atoms with van der Waals surface area (Å²) in [5, 5.41) is -0.690. The van der Waals surface area contributed by atoms with Crippen LogP contribution in [0.2, 0.25) is 0 Å².